The summed E-state index contributed by atoms with van der Waals surface area (Å²) >= 11 is 0. The second-order valence-electron chi connectivity index (χ2n) is 7.07. The molecular weight excluding hydrogens is 288 g/mol. The summed E-state index contributed by atoms with van der Waals surface area (Å²) in [4.78, 5) is 12.1. The van der Waals surface area contributed by atoms with E-state index < -0.39 is 0 Å². The lowest BCUT2D eigenvalue weighted by Gasteiger charge is -2.36. The monoisotopic (exact) mass is 314 g/mol. The maximum absolute atomic E-state index is 5.95. The third-order valence-electron chi connectivity index (χ3n) is 5.22. The summed E-state index contributed by atoms with van der Waals surface area (Å²) in [5.74, 6) is 1.09. The molecule has 5 nitrogen and oxygen atoms in total. The molecule has 0 saturated carbocycles. The van der Waals surface area contributed by atoms with E-state index in [0.29, 0.717) is 12.1 Å². The predicted molar refractivity (Wildman–Crippen MR) is 90.4 cm³/mol. The molecule has 124 valence electrons. The van der Waals surface area contributed by atoms with Crippen molar-refractivity contribution >= 4 is 11.2 Å². The number of fused-ring (bicyclic) bond motifs is 1. The lowest BCUT2D eigenvalue weighted by Crippen LogP contribution is -2.41. The summed E-state index contributed by atoms with van der Waals surface area (Å²) in [5.41, 5.74) is 2.02. The van der Waals surface area contributed by atoms with Crippen molar-refractivity contribution in [3.63, 3.8) is 0 Å². The molecule has 0 N–H and O–H groups in total. The molecule has 2 aromatic rings. The Kier molecular flexibility index (Phi) is 4.07. The van der Waals surface area contributed by atoms with Gasteiger partial charge < -0.3 is 9.30 Å². The average Bonchev–Trinajstić information content (AvgIpc) is 3.22. The summed E-state index contributed by atoms with van der Waals surface area (Å²) in [6.45, 7) is 7.70. The first-order valence-corrected chi connectivity index (χ1v) is 8.92. The van der Waals surface area contributed by atoms with E-state index in [2.05, 4.69) is 34.4 Å². The lowest BCUT2D eigenvalue weighted by molar-refractivity contribution is 0.0935. The molecule has 0 bridgehead atoms. The van der Waals surface area contributed by atoms with E-state index in [9.17, 15) is 0 Å². The van der Waals surface area contributed by atoms with Crippen LogP contribution >= 0.6 is 0 Å². The molecule has 2 unspecified atom stereocenters. The third-order valence-corrected chi connectivity index (χ3v) is 5.22. The molecular formula is C18H26N4O. The van der Waals surface area contributed by atoms with Crippen LogP contribution in [0.15, 0.2) is 18.3 Å². The van der Waals surface area contributed by atoms with Gasteiger partial charge in [0.1, 0.15) is 17.4 Å². The molecule has 2 atom stereocenters. The molecule has 2 aliphatic rings. The summed E-state index contributed by atoms with van der Waals surface area (Å²) < 4.78 is 8.34. The predicted octanol–water partition coefficient (Wildman–Crippen LogP) is 3.33. The Morgan fingerprint density at radius 1 is 1.26 bits per heavy atom. The highest BCUT2D eigenvalue weighted by Gasteiger charge is 2.31. The molecule has 2 fully saturated rings. The van der Waals surface area contributed by atoms with Crippen molar-refractivity contribution in [1.82, 2.24) is 19.4 Å². The van der Waals surface area contributed by atoms with E-state index in [4.69, 9.17) is 9.72 Å². The molecule has 2 aliphatic heterocycles. The van der Waals surface area contributed by atoms with E-state index in [1.807, 2.05) is 12.3 Å². The molecule has 0 amide bonds. The Morgan fingerprint density at radius 3 is 2.96 bits per heavy atom. The Hall–Kier alpha value is -1.46. The number of nitrogens with zero attached hydrogens (tertiary/aromatic N) is 4. The van der Waals surface area contributed by atoms with Crippen molar-refractivity contribution < 1.29 is 4.74 Å². The van der Waals surface area contributed by atoms with Gasteiger partial charge in [-0.3, -0.25) is 4.90 Å². The van der Waals surface area contributed by atoms with Crippen LogP contribution < -0.4 is 0 Å². The quantitative estimate of drug-likeness (QED) is 0.871. The fourth-order valence-electron chi connectivity index (χ4n) is 3.98. The number of likely N-dealkylation sites (tertiary alicyclic amines) is 1. The van der Waals surface area contributed by atoms with Crippen molar-refractivity contribution in [2.45, 2.75) is 57.7 Å². The number of piperidine rings is 1. The van der Waals surface area contributed by atoms with Gasteiger partial charge in [-0.25, -0.2) is 9.97 Å². The van der Waals surface area contributed by atoms with E-state index in [1.54, 1.807) is 0 Å². The molecule has 2 saturated heterocycles. The van der Waals surface area contributed by atoms with Crippen LogP contribution in [-0.4, -0.2) is 45.2 Å². The van der Waals surface area contributed by atoms with Crippen molar-refractivity contribution in [1.29, 1.82) is 0 Å². The van der Waals surface area contributed by atoms with Gasteiger partial charge in [0, 0.05) is 31.4 Å². The minimum atomic E-state index is 0.138. The fourth-order valence-corrected chi connectivity index (χ4v) is 3.98. The van der Waals surface area contributed by atoms with Gasteiger partial charge in [0.25, 0.3) is 0 Å². The number of imidazole rings is 1. The van der Waals surface area contributed by atoms with Crippen molar-refractivity contribution in [2.24, 2.45) is 0 Å². The maximum Gasteiger partial charge on any atom is 0.160 e. The maximum atomic E-state index is 5.95. The minimum Gasteiger partial charge on any atom is -0.370 e. The zero-order valence-corrected chi connectivity index (χ0v) is 14.1. The zero-order valence-electron chi connectivity index (χ0n) is 14.1. The van der Waals surface area contributed by atoms with Crippen LogP contribution in [-0.2, 0) is 4.74 Å². The van der Waals surface area contributed by atoms with E-state index in [-0.39, 0.29) is 6.10 Å². The first-order valence-electron chi connectivity index (χ1n) is 8.92. The zero-order chi connectivity index (χ0) is 15.8. The molecule has 4 heterocycles. The van der Waals surface area contributed by atoms with Crippen molar-refractivity contribution in [2.75, 3.05) is 19.7 Å². The van der Waals surface area contributed by atoms with E-state index in [1.165, 1.54) is 19.4 Å². The van der Waals surface area contributed by atoms with Gasteiger partial charge in [-0.15, -0.1) is 0 Å². The largest absolute Gasteiger partial charge is 0.370 e. The van der Waals surface area contributed by atoms with Crippen molar-refractivity contribution in [3.8, 4) is 0 Å². The lowest BCUT2D eigenvalue weighted by atomic mass is 10.0. The average molecular weight is 314 g/mol. The number of ether oxygens (including phenoxy) is 1. The van der Waals surface area contributed by atoms with Gasteiger partial charge in [0.15, 0.2) is 5.65 Å². The number of hydrogen-bond donors (Lipinski definition) is 0. The molecule has 4 rings (SSSR count). The summed E-state index contributed by atoms with van der Waals surface area (Å²) in [5, 5.41) is 0. The third kappa shape index (κ3) is 2.76. The molecule has 0 aliphatic carbocycles. The molecule has 0 spiro atoms. The number of aromatic nitrogens is 3. The van der Waals surface area contributed by atoms with Crippen LogP contribution in [0.25, 0.3) is 11.2 Å². The Bertz CT molecular complexity index is 675. The fraction of sp³-hybridized carbons (Fsp3) is 0.667. The smallest absolute Gasteiger partial charge is 0.160 e. The summed E-state index contributed by atoms with van der Waals surface area (Å²) in [7, 11) is 0. The summed E-state index contributed by atoms with van der Waals surface area (Å²) in [6, 6.07) is 5.08. The first-order chi connectivity index (χ1) is 11.2. The Balaban J connectivity index is 1.76. The van der Waals surface area contributed by atoms with Crippen LogP contribution in [0.5, 0.6) is 0 Å². The number of hydrogen-bond acceptors (Lipinski definition) is 4. The first kappa shape index (κ1) is 15.1. The molecule has 5 heteroatoms. The van der Waals surface area contributed by atoms with Crippen LogP contribution in [0, 0.1) is 0 Å². The SMILES string of the molecule is CC(C)N1CCCC(n2c(C3CCCO3)nc3cccnc32)C1. The normalized spacial score (nSPS) is 26.4. The Labute approximate surface area is 137 Å². The van der Waals surface area contributed by atoms with Gasteiger partial charge in [-0.1, -0.05) is 0 Å². The van der Waals surface area contributed by atoms with Crippen LogP contribution in [0.3, 0.4) is 0 Å². The van der Waals surface area contributed by atoms with E-state index in [0.717, 1.165) is 43.0 Å². The van der Waals surface area contributed by atoms with Gasteiger partial charge in [-0.2, -0.15) is 0 Å². The molecule has 2 aromatic heterocycles. The van der Waals surface area contributed by atoms with Gasteiger partial charge >= 0.3 is 0 Å². The standard InChI is InChI=1S/C18H26N4O/c1-13(2)21-10-4-6-14(12-21)22-17-15(7-3-9-19-17)20-18(22)16-8-5-11-23-16/h3,7,9,13-14,16H,4-6,8,10-12H2,1-2H3. The molecule has 23 heavy (non-hydrogen) atoms. The second-order valence-corrected chi connectivity index (χ2v) is 7.07. The van der Waals surface area contributed by atoms with Crippen LogP contribution in [0.2, 0.25) is 0 Å². The second kappa shape index (κ2) is 6.21. The highest BCUT2D eigenvalue weighted by molar-refractivity contribution is 5.71. The minimum absolute atomic E-state index is 0.138. The van der Waals surface area contributed by atoms with Gasteiger partial charge in [0.2, 0.25) is 0 Å². The van der Waals surface area contributed by atoms with E-state index >= 15 is 0 Å². The van der Waals surface area contributed by atoms with Gasteiger partial charge in [-0.05, 0) is 58.2 Å². The van der Waals surface area contributed by atoms with Crippen molar-refractivity contribution in [3.05, 3.63) is 24.2 Å². The van der Waals surface area contributed by atoms with Crippen LogP contribution in [0.1, 0.15) is 57.5 Å². The highest BCUT2D eigenvalue weighted by Crippen LogP contribution is 2.34. The highest BCUT2D eigenvalue weighted by atomic mass is 16.5. The molecule has 0 aromatic carbocycles. The van der Waals surface area contributed by atoms with Gasteiger partial charge in [0.05, 0.1) is 0 Å². The number of pyridine rings is 1. The number of rotatable bonds is 3. The molecule has 0 radical (unpaired) electrons. The Morgan fingerprint density at radius 2 is 2.17 bits per heavy atom. The topological polar surface area (TPSA) is 43.2 Å². The summed E-state index contributed by atoms with van der Waals surface area (Å²) in [6.07, 6.45) is 6.65. The van der Waals surface area contributed by atoms with Crippen LogP contribution in [0.4, 0.5) is 0 Å².